The first kappa shape index (κ1) is 27.8. The molecular formula is C26H41N5O5. The number of carbonyl (C=O) groups is 3. The highest BCUT2D eigenvalue weighted by Gasteiger charge is 2.33. The first-order valence-corrected chi connectivity index (χ1v) is 13.0. The van der Waals surface area contributed by atoms with E-state index in [0.717, 1.165) is 43.6 Å². The molecule has 36 heavy (non-hydrogen) atoms. The van der Waals surface area contributed by atoms with Crippen LogP contribution in [-0.2, 0) is 19.2 Å². The maximum Gasteiger partial charge on any atom is 0.439 e. The maximum atomic E-state index is 13.0. The van der Waals surface area contributed by atoms with Gasteiger partial charge in [0.05, 0.1) is 11.4 Å². The van der Waals surface area contributed by atoms with Gasteiger partial charge in [0.2, 0.25) is 5.91 Å². The van der Waals surface area contributed by atoms with Gasteiger partial charge in [0, 0.05) is 32.1 Å². The van der Waals surface area contributed by atoms with Crippen LogP contribution in [0.3, 0.4) is 0 Å². The largest absolute Gasteiger partial charge is 0.442 e. The van der Waals surface area contributed by atoms with E-state index in [-0.39, 0.29) is 30.4 Å². The Morgan fingerprint density at radius 1 is 1.00 bits per heavy atom. The third-order valence-corrected chi connectivity index (χ3v) is 6.94. The summed E-state index contributed by atoms with van der Waals surface area (Å²) < 4.78 is 5.50. The molecule has 10 nitrogen and oxygen atoms in total. The van der Waals surface area contributed by atoms with Gasteiger partial charge in [0.25, 0.3) is 5.91 Å². The van der Waals surface area contributed by atoms with E-state index < -0.39 is 11.7 Å². The third kappa shape index (κ3) is 7.15. The van der Waals surface area contributed by atoms with Gasteiger partial charge in [-0.05, 0) is 60.3 Å². The Morgan fingerprint density at radius 3 is 2.14 bits per heavy atom. The van der Waals surface area contributed by atoms with Crippen LogP contribution in [0.15, 0.2) is 6.33 Å². The van der Waals surface area contributed by atoms with E-state index in [0.29, 0.717) is 30.2 Å². The predicted molar refractivity (Wildman–Crippen MR) is 135 cm³/mol. The van der Waals surface area contributed by atoms with Gasteiger partial charge in [-0.25, -0.2) is 14.8 Å². The van der Waals surface area contributed by atoms with Gasteiger partial charge >= 0.3 is 6.09 Å². The van der Waals surface area contributed by atoms with E-state index in [1.165, 1.54) is 12.7 Å². The first-order valence-electron chi connectivity index (χ1n) is 13.0. The van der Waals surface area contributed by atoms with Gasteiger partial charge in [0.1, 0.15) is 17.6 Å². The van der Waals surface area contributed by atoms with Crippen LogP contribution in [0.5, 0.6) is 0 Å². The lowest BCUT2D eigenvalue weighted by Crippen LogP contribution is -2.50. The molecule has 0 aromatic carbocycles. The first-order chi connectivity index (χ1) is 17.0. The number of hydroxylamine groups is 1. The predicted octanol–water partition coefficient (Wildman–Crippen LogP) is 3.80. The highest BCUT2D eigenvalue weighted by Crippen LogP contribution is 2.28. The fourth-order valence-electron chi connectivity index (χ4n) is 4.90. The minimum absolute atomic E-state index is 0.00927. The van der Waals surface area contributed by atoms with Crippen LogP contribution in [0.1, 0.15) is 77.1 Å². The normalized spacial score (nSPS) is 17.6. The number of likely N-dealkylation sites (N-methyl/N-ethyl adjacent to an activating group) is 1. The number of aryl methyl sites for hydroxylation is 2. The molecule has 3 amide bonds. The molecule has 2 fully saturated rings. The molecule has 0 unspecified atom stereocenters. The Hall–Kier alpha value is -2.75. The van der Waals surface area contributed by atoms with Gasteiger partial charge in [0.15, 0.2) is 6.61 Å². The molecule has 1 aliphatic heterocycles. The van der Waals surface area contributed by atoms with Crippen molar-refractivity contribution in [1.29, 1.82) is 0 Å². The number of rotatable bonds is 6. The van der Waals surface area contributed by atoms with E-state index in [1.807, 2.05) is 4.90 Å². The molecule has 1 saturated carbocycles. The zero-order chi connectivity index (χ0) is 26.5. The van der Waals surface area contributed by atoms with Crippen molar-refractivity contribution in [2.75, 3.05) is 31.8 Å². The Morgan fingerprint density at radius 2 is 1.58 bits per heavy atom. The van der Waals surface area contributed by atoms with Crippen LogP contribution in [0.4, 0.5) is 10.5 Å². The molecule has 1 saturated heterocycles. The number of amides is 3. The van der Waals surface area contributed by atoms with Crippen LogP contribution in [-0.4, -0.2) is 76.1 Å². The van der Waals surface area contributed by atoms with Crippen molar-refractivity contribution in [3.05, 3.63) is 17.7 Å². The SMILES string of the molecule is Cc1ncnc(C)c1N(OCC(=O)N(C)C1CCN(C(=O)C2CCCCC2)CC1)C(=O)OC(C)(C)C. The smallest absolute Gasteiger partial charge is 0.439 e. The average Bonchev–Trinajstić information content (AvgIpc) is 2.84. The summed E-state index contributed by atoms with van der Waals surface area (Å²) in [5.74, 6) is 0.179. The number of nitrogens with zero attached hydrogens (tertiary/aromatic N) is 5. The minimum atomic E-state index is -0.750. The third-order valence-electron chi connectivity index (χ3n) is 6.94. The number of likely N-dealkylation sites (tertiary alicyclic amines) is 1. The van der Waals surface area contributed by atoms with Crippen molar-refractivity contribution < 1.29 is 24.0 Å². The van der Waals surface area contributed by atoms with Crippen molar-refractivity contribution in [2.24, 2.45) is 5.92 Å². The molecule has 0 atom stereocenters. The Balaban J connectivity index is 1.59. The summed E-state index contributed by atoms with van der Waals surface area (Å²) >= 11 is 0. The van der Waals surface area contributed by atoms with Crippen LogP contribution in [0, 0.1) is 19.8 Å². The highest BCUT2D eigenvalue weighted by atomic mass is 16.7. The lowest BCUT2D eigenvalue weighted by atomic mass is 9.87. The van der Waals surface area contributed by atoms with Crippen LogP contribution in [0.2, 0.25) is 0 Å². The summed E-state index contributed by atoms with van der Waals surface area (Å²) in [4.78, 5) is 56.5. The lowest BCUT2D eigenvalue weighted by molar-refractivity contribution is -0.141. The molecule has 0 spiro atoms. The second kappa shape index (κ2) is 12.0. The summed E-state index contributed by atoms with van der Waals surface area (Å²) in [5, 5.41) is 0.979. The molecule has 1 aromatic rings. The molecular weight excluding hydrogens is 462 g/mol. The Kier molecular flexibility index (Phi) is 9.27. The molecule has 1 aromatic heterocycles. The molecule has 1 aliphatic carbocycles. The minimum Gasteiger partial charge on any atom is -0.442 e. The van der Waals surface area contributed by atoms with Gasteiger partial charge in [-0.1, -0.05) is 19.3 Å². The zero-order valence-electron chi connectivity index (χ0n) is 22.6. The monoisotopic (exact) mass is 503 g/mol. The van der Waals surface area contributed by atoms with Gasteiger partial charge in [-0.15, -0.1) is 5.06 Å². The molecule has 10 heteroatoms. The van der Waals surface area contributed by atoms with E-state index in [4.69, 9.17) is 9.57 Å². The average molecular weight is 504 g/mol. The summed E-state index contributed by atoms with van der Waals surface area (Å²) in [6, 6.07) is 0.00927. The molecule has 3 rings (SSSR count). The zero-order valence-corrected chi connectivity index (χ0v) is 22.6. The quantitative estimate of drug-likeness (QED) is 0.544. The van der Waals surface area contributed by atoms with E-state index in [2.05, 4.69) is 9.97 Å². The topological polar surface area (TPSA) is 105 Å². The van der Waals surface area contributed by atoms with Crippen LogP contribution in [0.25, 0.3) is 0 Å². The van der Waals surface area contributed by atoms with Crippen LogP contribution >= 0.6 is 0 Å². The Bertz CT molecular complexity index is 913. The second-order valence-electron chi connectivity index (χ2n) is 10.8. The number of hydrogen-bond acceptors (Lipinski definition) is 7. The highest BCUT2D eigenvalue weighted by molar-refractivity contribution is 5.87. The number of carbonyl (C=O) groups excluding carboxylic acids is 3. The van der Waals surface area contributed by atoms with Crippen molar-refractivity contribution in [1.82, 2.24) is 19.8 Å². The van der Waals surface area contributed by atoms with Gasteiger partial charge in [-0.3, -0.25) is 14.4 Å². The summed E-state index contributed by atoms with van der Waals surface area (Å²) in [6.45, 7) is 9.72. The van der Waals surface area contributed by atoms with Gasteiger partial charge in [-0.2, -0.15) is 0 Å². The number of ether oxygens (including phenoxy) is 1. The number of anilines is 1. The molecule has 2 heterocycles. The maximum absolute atomic E-state index is 13.0. The molecule has 2 aliphatic rings. The number of hydrogen-bond donors (Lipinski definition) is 0. The van der Waals surface area contributed by atoms with Crippen molar-refractivity contribution >= 4 is 23.6 Å². The lowest BCUT2D eigenvalue weighted by Gasteiger charge is -2.38. The van der Waals surface area contributed by atoms with E-state index in [9.17, 15) is 14.4 Å². The van der Waals surface area contributed by atoms with Crippen LogP contribution < -0.4 is 5.06 Å². The molecule has 0 bridgehead atoms. The molecule has 0 radical (unpaired) electrons. The fraction of sp³-hybridized carbons (Fsp3) is 0.731. The Labute approximate surface area is 214 Å². The standard InChI is InChI=1S/C26H41N5O5/c1-18-23(19(2)28-17-27-18)31(25(34)36-26(3,4)5)35-16-22(32)29(6)21-12-14-30(15-13-21)24(33)20-10-8-7-9-11-20/h17,20-21H,7-16H2,1-6H3. The molecule has 0 N–H and O–H groups in total. The van der Waals surface area contributed by atoms with Gasteiger partial charge < -0.3 is 14.5 Å². The van der Waals surface area contributed by atoms with Crippen molar-refractivity contribution in [3.8, 4) is 0 Å². The van der Waals surface area contributed by atoms with Crippen molar-refractivity contribution in [2.45, 2.75) is 91.2 Å². The number of piperidine rings is 1. The van der Waals surface area contributed by atoms with Crippen molar-refractivity contribution in [3.63, 3.8) is 0 Å². The van der Waals surface area contributed by atoms with E-state index >= 15 is 0 Å². The number of aromatic nitrogens is 2. The second-order valence-corrected chi connectivity index (χ2v) is 10.8. The van der Waals surface area contributed by atoms with E-state index in [1.54, 1.807) is 46.6 Å². The summed E-state index contributed by atoms with van der Waals surface area (Å²) in [5.41, 5.74) is 0.671. The fourth-order valence-corrected chi connectivity index (χ4v) is 4.90. The molecule has 200 valence electrons. The summed E-state index contributed by atoms with van der Waals surface area (Å²) in [6.07, 6.45) is 7.60. The summed E-state index contributed by atoms with van der Waals surface area (Å²) in [7, 11) is 1.74.